The number of nitrogens with one attached hydrogen (secondary N) is 1. The molecule has 4 heteroatoms. The van der Waals surface area contributed by atoms with E-state index in [1.807, 2.05) is 13.0 Å². The maximum atomic E-state index is 13.5. The van der Waals surface area contributed by atoms with Gasteiger partial charge in [-0.1, -0.05) is 6.07 Å². The Kier molecular flexibility index (Phi) is 2.72. The van der Waals surface area contributed by atoms with Crippen molar-refractivity contribution in [2.45, 2.75) is 6.92 Å². The summed E-state index contributed by atoms with van der Waals surface area (Å²) in [6, 6.07) is 6.70. The van der Waals surface area contributed by atoms with E-state index in [1.165, 1.54) is 12.3 Å². The molecule has 3 nitrogen and oxygen atoms in total. The molecule has 0 atom stereocenters. The lowest BCUT2D eigenvalue weighted by atomic mass is 10.2. The van der Waals surface area contributed by atoms with Gasteiger partial charge in [-0.3, -0.25) is 4.98 Å². The highest BCUT2D eigenvalue weighted by molar-refractivity contribution is 5.71. The quantitative estimate of drug-likeness (QED) is 0.813. The normalized spacial score (nSPS) is 10.1. The van der Waals surface area contributed by atoms with E-state index in [0.717, 1.165) is 5.56 Å². The Bertz CT molecular complexity index is 511. The van der Waals surface area contributed by atoms with Gasteiger partial charge in [0.25, 0.3) is 0 Å². The minimum absolute atomic E-state index is 0.295. The second kappa shape index (κ2) is 4.18. The molecule has 0 radical (unpaired) electrons. The number of nitrogen functional groups attached to an aromatic ring is 1. The fourth-order valence-electron chi connectivity index (χ4n) is 1.39. The van der Waals surface area contributed by atoms with Crippen LogP contribution in [0.4, 0.5) is 21.5 Å². The highest BCUT2D eigenvalue weighted by Crippen LogP contribution is 2.24. The monoisotopic (exact) mass is 217 g/mol. The maximum absolute atomic E-state index is 13.5. The topological polar surface area (TPSA) is 50.9 Å². The molecular weight excluding hydrogens is 205 g/mol. The molecule has 0 fully saturated rings. The summed E-state index contributed by atoms with van der Waals surface area (Å²) in [5, 5.41) is 2.93. The van der Waals surface area contributed by atoms with Gasteiger partial charge in [-0.15, -0.1) is 0 Å². The van der Waals surface area contributed by atoms with Gasteiger partial charge in [0.2, 0.25) is 0 Å². The molecule has 0 aliphatic carbocycles. The van der Waals surface area contributed by atoms with Gasteiger partial charge in [-0.05, 0) is 30.7 Å². The predicted molar refractivity (Wildman–Crippen MR) is 63.1 cm³/mol. The van der Waals surface area contributed by atoms with Crippen molar-refractivity contribution >= 4 is 17.1 Å². The zero-order valence-corrected chi connectivity index (χ0v) is 8.87. The number of hydrogen-bond donors (Lipinski definition) is 2. The number of pyridine rings is 1. The lowest BCUT2D eigenvalue weighted by Gasteiger charge is -2.09. The first-order valence-electron chi connectivity index (χ1n) is 4.89. The zero-order valence-electron chi connectivity index (χ0n) is 8.87. The van der Waals surface area contributed by atoms with Crippen LogP contribution in [0.3, 0.4) is 0 Å². The van der Waals surface area contributed by atoms with Gasteiger partial charge in [-0.25, -0.2) is 4.39 Å². The van der Waals surface area contributed by atoms with E-state index in [4.69, 9.17) is 5.73 Å². The number of nitrogens with zero attached hydrogens (tertiary/aromatic N) is 1. The summed E-state index contributed by atoms with van der Waals surface area (Å²) in [6.07, 6.45) is 3.12. The van der Waals surface area contributed by atoms with E-state index in [0.29, 0.717) is 17.1 Å². The Balaban J connectivity index is 2.31. The van der Waals surface area contributed by atoms with Crippen LogP contribution in [0.5, 0.6) is 0 Å². The summed E-state index contributed by atoms with van der Waals surface area (Å²) in [5.74, 6) is -0.295. The Morgan fingerprint density at radius 2 is 2.06 bits per heavy atom. The van der Waals surface area contributed by atoms with Crippen LogP contribution in [-0.2, 0) is 0 Å². The Morgan fingerprint density at radius 1 is 1.25 bits per heavy atom. The molecule has 0 saturated heterocycles. The molecule has 0 amide bonds. The van der Waals surface area contributed by atoms with E-state index < -0.39 is 0 Å². The van der Waals surface area contributed by atoms with E-state index in [1.54, 1.807) is 18.3 Å². The number of rotatable bonds is 2. The van der Waals surface area contributed by atoms with Crippen molar-refractivity contribution < 1.29 is 4.39 Å². The molecule has 0 aliphatic rings. The van der Waals surface area contributed by atoms with E-state index in [9.17, 15) is 4.39 Å². The van der Waals surface area contributed by atoms with Crippen LogP contribution in [0, 0.1) is 12.7 Å². The Hall–Kier alpha value is -2.10. The average molecular weight is 217 g/mol. The highest BCUT2D eigenvalue weighted by Gasteiger charge is 2.04. The Labute approximate surface area is 93.1 Å². The molecule has 1 heterocycles. The van der Waals surface area contributed by atoms with Crippen LogP contribution in [0.25, 0.3) is 0 Å². The summed E-state index contributed by atoms with van der Waals surface area (Å²) in [5.41, 5.74) is 8.13. The summed E-state index contributed by atoms with van der Waals surface area (Å²) in [6.45, 7) is 1.84. The lowest BCUT2D eigenvalue weighted by Crippen LogP contribution is -1.98. The second-order valence-corrected chi connectivity index (χ2v) is 3.57. The number of hydrogen-bond acceptors (Lipinski definition) is 3. The number of benzene rings is 1. The molecule has 1 aromatic heterocycles. The van der Waals surface area contributed by atoms with Crippen molar-refractivity contribution in [2.75, 3.05) is 11.1 Å². The van der Waals surface area contributed by atoms with Crippen molar-refractivity contribution in [3.05, 3.63) is 48.0 Å². The molecule has 0 spiro atoms. The standard InChI is InChI=1S/C12H12FN3/c1-8-2-3-11(9(13)6-8)16-12-4-5-15-7-10(12)14/h2-7H,14H2,1H3,(H,15,16). The fourth-order valence-corrected chi connectivity index (χ4v) is 1.39. The van der Waals surface area contributed by atoms with Gasteiger partial charge in [0.1, 0.15) is 5.82 Å². The van der Waals surface area contributed by atoms with Gasteiger partial charge >= 0.3 is 0 Å². The molecule has 0 aliphatic heterocycles. The third-order valence-corrected chi connectivity index (χ3v) is 2.25. The second-order valence-electron chi connectivity index (χ2n) is 3.57. The summed E-state index contributed by atoms with van der Waals surface area (Å²) in [4.78, 5) is 3.86. The van der Waals surface area contributed by atoms with Crippen molar-refractivity contribution in [3.8, 4) is 0 Å². The number of aryl methyl sites for hydroxylation is 1. The predicted octanol–water partition coefficient (Wildman–Crippen LogP) is 2.85. The first-order valence-corrected chi connectivity index (χ1v) is 4.89. The first-order chi connectivity index (χ1) is 7.66. The van der Waals surface area contributed by atoms with E-state index >= 15 is 0 Å². The van der Waals surface area contributed by atoms with Gasteiger partial charge in [0.05, 0.1) is 23.3 Å². The molecule has 82 valence electrons. The Morgan fingerprint density at radius 3 is 2.75 bits per heavy atom. The molecule has 0 unspecified atom stereocenters. The van der Waals surface area contributed by atoms with E-state index in [2.05, 4.69) is 10.3 Å². The van der Waals surface area contributed by atoms with Crippen LogP contribution >= 0.6 is 0 Å². The SMILES string of the molecule is Cc1ccc(Nc2ccncc2N)c(F)c1. The van der Waals surface area contributed by atoms with Crippen molar-refractivity contribution in [3.63, 3.8) is 0 Å². The highest BCUT2D eigenvalue weighted by atomic mass is 19.1. The third-order valence-electron chi connectivity index (χ3n) is 2.25. The molecule has 1 aromatic carbocycles. The van der Waals surface area contributed by atoms with Crippen LogP contribution in [0.2, 0.25) is 0 Å². The van der Waals surface area contributed by atoms with E-state index in [-0.39, 0.29) is 5.82 Å². The maximum Gasteiger partial charge on any atom is 0.146 e. The molecule has 0 bridgehead atoms. The first kappa shape index (κ1) is 10.4. The smallest absolute Gasteiger partial charge is 0.146 e. The summed E-state index contributed by atoms with van der Waals surface area (Å²) in [7, 11) is 0. The van der Waals surface area contributed by atoms with Crippen molar-refractivity contribution in [1.29, 1.82) is 0 Å². The average Bonchev–Trinajstić information content (AvgIpc) is 2.25. The van der Waals surface area contributed by atoms with Crippen LogP contribution in [0.15, 0.2) is 36.7 Å². The van der Waals surface area contributed by atoms with Crippen LogP contribution in [0.1, 0.15) is 5.56 Å². The zero-order chi connectivity index (χ0) is 11.5. The van der Waals surface area contributed by atoms with Gasteiger partial charge in [0, 0.05) is 6.20 Å². The van der Waals surface area contributed by atoms with Gasteiger partial charge in [-0.2, -0.15) is 0 Å². The van der Waals surface area contributed by atoms with Gasteiger partial charge in [0.15, 0.2) is 0 Å². The number of aromatic nitrogens is 1. The molecule has 16 heavy (non-hydrogen) atoms. The van der Waals surface area contributed by atoms with Gasteiger partial charge < -0.3 is 11.1 Å². The third kappa shape index (κ3) is 2.11. The summed E-state index contributed by atoms with van der Waals surface area (Å²) < 4.78 is 13.5. The van der Waals surface area contributed by atoms with Crippen molar-refractivity contribution in [2.24, 2.45) is 0 Å². The number of halogens is 1. The van der Waals surface area contributed by atoms with Crippen LogP contribution < -0.4 is 11.1 Å². The number of anilines is 3. The van der Waals surface area contributed by atoms with Crippen LogP contribution in [-0.4, -0.2) is 4.98 Å². The molecule has 2 aromatic rings. The molecule has 2 rings (SSSR count). The van der Waals surface area contributed by atoms with Crippen molar-refractivity contribution in [1.82, 2.24) is 4.98 Å². The molecule has 0 saturated carbocycles. The largest absolute Gasteiger partial charge is 0.396 e. The lowest BCUT2D eigenvalue weighted by molar-refractivity contribution is 0.631. The molecular formula is C12H12FN3. The number of nitrogens with two attached hydrogens (primary N) is 1. The fraction of sp³-hybridized carbons (Fsp3) is 0.0833. The summed E-state index contributed by atoms with van der Waals surface area (Å²) >= 11 is 0. The molecule has 3 N–H and O–H groups in total. The minimum Gasteiger partial charge on any atom is -0.396 e. The minimum atomic E-state index is -0.295.